The number of carbonyl (C=O) groups is 2. The lowest BCUT2D eigenvalue weighted by molar-refractivity contribution is -0.131. The summed E-state index contributed by atoms with van der Waals surface area (Å²) < 4.78 is 4.90. The van der Waals surface area contributed by atoms with Crippen LogP contribution in [-0.4, -0.2) is 60.5 Å². The molecule has 0 aromatic carbocycles. The van der Waals surface area contributed by atoms with Gasteiger partial charge in [0, 0.05) is 19.7 Å². The summed E-state index contributed by atoms with van der Waals surface area (Å²) in [4.78, 5) is 27.7. The average molecular weight is 336 g/mol. The summed E-state index contributed by atoms with van der Waals surface area (Å²) in [5, 5.41) is 6.37. The molecule has 7 heteroatoms. The lowest BCUT2D eigenvalue weighted by Gasteiger charge is -2.28. The number of nitrogens with one attached hydrogen (secondary N) is 1. The zero-order valence-electron chi connectivity index (χ0n) is 14.9. The number of hydrogen-bond donors (Lipinski definition) is 1. The number of carbonyl (C=O) groups excluding carboxylic acids is 2. The number of aryl methyl sites for hydroxylation is 1. The van der Waals surface area contributed by atoms with Crippen LogP contribution in [-0.2, 0) is 9.59 Å². The number of hydrogen-bond acceptors (Lipinski definition) is 5. The zero-order chi connectivity index (χ0) is 17.5. The molecule has 1 saturated carbocycles. The highest BCUT2D eigenvalue weighted by Crippen LogP contribution is 2.24. The van der Waals surface area contributed by atoms with Crippen LogP contribution in [0.4, 0.5) is 5.82 Å². The number of likely N-dealkylation sites (N-methyl/N-ethyl adjacent to an activating group) is 2. The Labute approximate surface area is 143 Å². The van der Waals surface area contributed by atoms with Crippen LogP contribution < -0.4 is 5.32 Å². The highest BCUT2D eigenvalue weighted by Gasteiger charge is 2.19. The van der Waals surface area contributed by atoms with E-state index in [1.54, 1.807) is 29.8 Å². The maximum Gasteiger partial charge on any atom is 0.239 e. The summed E-state index contributed by atoms with van der Waals surface area (Å²) in [6.45, 7) is 2.94. The SMILES string of the molecule is Cc1cc(NC(=O)CN(C)CC(=O)N(C)CC2CCCCC2)no1. The minimum atomic E-state index is -0.214. The summed E-state index contributed by atoms with van der Waals surface area (Å²) in [7, 11) is 3.61. The first-order chi connectivity index (χ1) is 11.4. The summed E-state index contributed by atoms with van der Waals surface area (Å²) in [5.41, 5.74) is 0. The quantitative estimate of drug-likeness (QED) is 0.822. The van der Waals surface area contributed by atoms with Gasteiger partial charge in [-0.05, 0) is 32.7 Å². The lowest BCUT2D eigenvalue weighted by Crippen LogP contribution is -2.41. The van der Waals surface area contributed by atoms with E-state index in [1.165, 1.54) is 32.1 Å². The van der Waals surface area contributed by atoms with Crippen LogP contribution in [0, 0.1) is 12.8 Å². The Morgan fingerprint density at radius 1 is 1.25 bits per heavy atom. The first kappa shape index (κ1) is 18.4. The van der Waals surface area contributed by atoms with Gasteiger partial charge in [0.15, 0.2) is 5.82 Å². The van der Waals surface area contributed by atoms with Crippen molar-refractivity contribution in [3.8, 4) is 0 Å². The Kier molecular flexibility index (Phi) is 6.78. The van der Waals surface area contributed by atoms with E-state index in [0.29, 0.717) is 17.5 Å². The van der Waals surface area contributed by atoms with Gasteiger partial charge in [0.1, 0.15) is 5.76 Å². The van der Waals surface area contributed by atoms with Crippen molar-refractivity contribution in [3.05, 3.63) is 11.8 Å². The predicted octanol–water partition coefficient (Wildman–Crippen LogP) is 1.89. The van der Waals surface area contributed by atoms with Gasteiger partial charge in [-0.1, -0.05) is 24.4 Å². The molecule has 1 aromatic rings. The maximum atomic E-state index is 12.3. The van der Waals surface area contributed by atoms with Crippen LogP contribution in [0.25, 0.3) is 0 Å². The Balaban J connectivity index is 1.70. The molecule has 1 aliphatic rings. The first-order valence-corrected chi connectivity index (χ1v) is 8.59. The molecule has 1 heterocycles. The van der Waals surface area contributed by atoms with Crippen LogP contribution in [0.2, 0.25) is 0 Å². The molecule has 2 amide bonds. The van der Waals surface area contributed by atoms with E-state index < -0.39 is 0 Å². The first-order valence-electron chi connectivity index (χ1n) is 8.59. The maximum absolute atomic E-state index is 12.3. The zero-order valence-corrected chi connectivity index (χ0v) is 14.9. The molecule has 0 unspecified atom stereocenters. The van der Waals surface area contributed by atoms with Crippen molar-refractivity contribution in [2.24, 2.45) is 5.92 Å². The average Bonchev–Trinajstić information content (AvgIpc) is 2.92. The van der Waals surface area contributed by atoms with Gasteiger partial charge in [0.2, 0.25) is 11.8 Å². The Bertz CT molecular complexity index is 552. The molecule has 2 rings (SSSR count). The summed E-state index contributed by atoms with van der Waals surface area (Å²) >= 11 is 0. The molecule has 0 saturated heterocycles. The van der Waals surface area contributed by atoms with Gasteiger partial charge in [-0.15, -0.1) is 0 Å². The molecule has 0 aliphatic heterocycles. The van der Waals surface area contributed by atoms with E-state index in [1.807, 2.05) is 7.05 Å². The van der Waals surface area contributed by atoms with E-state index in [2.05, 4.69) is 10.5 Å². The van der Waals surface area contributed by atoms with Crippen molar-refractivity contribution in [3.63, 3.8) is 0 Å². The highest BCUT2D eigenvalue weighted by molar-refractivity contribution is 5.91. The van der Waals surface area contributed by atoms with Gasteiger partial charge < -0.3 is 14.7 Å². The highest BCUT2D eigenvalue weighted by atomic mass is 16.5. The largest absolute Gasteiger partial charge is 0.360 e. The van der Waals surface area contributed by atoms with Crippen molar-refractivity contribution in [2.45, 2.75) is 39.0 Å². The van der Waals surface area contributed by atoms with Gasteiger partial charge in [0.05, 0.1) is 13.1 Å². The van der Waals surface area contributed by atoms with Gasteiger partial charge in [-0.25, -0.2) is 0 Å². The molecule has 0 spiro atoms. The smallest absolute Gasteiger partial charge is 0.239 e. The topological polar surface area (TPSA) is 78.7 Å². The summed E-state index contributed by atoms with van der Waals surface area (Å²) in [6.07, 6.45) is 6.29. The fourth-order valence-electron chi connectivity index (χ4n) is 3.12. The molecular formula is C17H28N4O3. The molecule has 134 valence electrons. The van der Waals surface area contributed by atoms with E-state index in [9.17, 15) is 9.59 Å². The molecule has 7 nitrogen and oxygen atoms in total. The lowest BCUT2D eigenvalue weighted by atomic mass is 9.89. The van der Waals surface area contributed by atoms with Crippen LogP contribution in [0.3, 0.4) is 0 Å². The van der Waals surface area contributed by atoms with Crippen molar-refractivity contribution in [2.75, 3.05) is 39.0 Å². The number of aromatic nitrogens is 1. The van der Waals surface area contributed by atoms with E-state index in [4.69, 9.17) is 4.52 Å². The second kappa shape index (κ2) is 8.82. The molecule has 0 radical (unpaired) electrons. The molecular weight excluding hydrogens is 308 g/mol. The van der Waals surface area contributed by atoms with Crippen LogP contribution in [0.15, 0.2) is 10.6 Å². The van der Waals surface area contributed by atoms with Crippen molar-refractivity contribution in [1.82, 2.24) is 15.0 Å². The van der Waals surface area contributed by atoms with Gasteiger partial charge >= 0.3 is 0 Å². The van der Waals surface area contributed by atoms with E-state index >= 15 is 0 Å². The summed E-state index contributed by atoms with van der Waals surface area (Å²) in [6, 6.07) is 1.65. The standard InChI is InChI=1S/C17H28N4O3/c1-13-9-15(19-24-13)18-16(22)11-20(2)12-17(23)21(3)10-14-7-5-4-6-8-14/h9,14H,4-8,10-12H2,1-3H3,(H,18,19,22). The third kappa shape index (κ3) is 5.96. The molecule has 1 aromatic heterocycles. The third-order valence-electron chi connectivity index (χ3n) is 4.40. The summed E-state index contributed by atoms with van der Waals surface area (Å²) in [5.74, 6) is 1.49. The molecule has 0 atom stereocenters. The Morgan fingerprint density at radius 3 is 2.58 bits per heavy atom. The van der Waals surface area contributed by atoms with Crippen molar-refractivity contribution in [1.29, 1.82) is 0 Å². The fourth-order valence-corrected chi connectivity index (χ4v) is 3.12. The van der Waals surface area contributed by atoms with Crippen LogP contribution in [0.5, 0.6) is 0 Å². The monoisotopic (exact) mass is 336 g/mol. The Morgan fingerprint density at radius 2 is 1.96 bits per heavy atom. The molecule has 1 fully saturated rings. The number of amides is 2. The normalized spacial score (nSPS) is 15.5. The van der Waals surface area contributed by atoms with E-state index in [-0.39, 0.29) is 24.9 Å². The molecule has 0 bridgehead atoms. The van der Waals surface area contributed by atoms with Gasteiger partial charge in [-0.3, -0.25) is 14.5 Å². The second-order valence-electron chi connectivity index (χ2n) is 6.82. The van der Waals surface area contributed by atoms with Crippen molar-refractivity contribution < 1.29 is 14.1 Å². The van der Waals surface area contributed by atoms with Crippen LogP contribution in [0.1, 0.15) is 37.9 Å². The minimum Gasteiger partial charge on any atom is -0.360 e. The Hall–Kier alpha value is -1.89. The second-order valence-corrected chi connectivity index (χ2v) is 6.82. The van der Waals surface area contributed by atoms with Crippen LogP contribution >= 0.6 is 0 Å². The van der Waals surface area contributed by atoms with Gasteiger partial charge in [-0.2, -0.15) is 0 Å². The fraction of sp³-hybridized carbons (Fsp3) is 0.706. The molecule has 1 N–H and O–H groups in total. The van der Waals surface area contributed by atoms with Crippen molar-refractivity contribution >= 4 is 17.6 Å². The third-order valence-corrected chi connectivity index (χ3v) is 4.40. The molecule has 1 aliphatic carbocycles. The number of nitrogens with zero attached hydrogens (tertiary/aromatic N) is 3. The molecule has 24 heavy (non-hydrogen) atoms. The number of anilines is 1. The predicted molar refractivity (Wildman–Crippen MR) is 91.6 cm³/mol. The van der Waals surface area contributed by atoms with E-state index in [0.717, 1.165) is 6.54 Å². The van der Waals surface area contributed by atoms with Gasteiger partial charge in [0.25, 0.3) is 0 Å². The number of rotatable bonds is 7. The minimum absolute atomic E-state index is 0.0492.